The van der Waals surface area contributed by atoms with Crippen LogP contribution in [-0.4, -0.2) is 35.1 Å². The van der Waals surface area contributed by atoms with Crippen LogP contribution in [-0.2, 0) is 17.8 Å². The van der Waals surface area contributed by atoms with Crippen LogP contribution >= 0.6 is 0 Å². The zero-order valence-corrected chi connectivity index (χ0v) is 15.5. The van der Waals surface area contributed by atoms with Crippen molar-refractivity contribution in [2.24, 2.45) is 0 Å². The van der Waals surface area contributed by atoms with E-state index in [1.165, 1.54) is 36.3 Å². The number of carbonyl (C=O) groups is 1. The highest BCUT2D eigenvalue weighted by molar-refractivity contribution is 5.76. The zero-order chi connectivity index (χ0) is 20.1. The number of amides is 1. The van der Waals surface area contributed by atoms with Crippen LogP contribution in [0.15, 0.2) is 47.0 Å². The van der Waals surface area contributed by atoms with Gasteiger partial charge in [-0.1, -0.05) is 11.2 Å². The number of hydrogen-bond donors (Lipinski definition) is 0. The Morgan fingerprint density at radius 1 is 1.18 bits per heavy atom. The predicted octanol–water partition coefficient (Wildman–Crippen LogP) is 3.61. The van der Waals surface area contributed by atoms with Crippen LogP contribution < -0.4 is 4.74 Å². The van der Waals surface area contributed by atoms with Gasteiger partial charge >= 0.3 is 0 Å². The molecule has 3 aromatic rings. The second-order valence-corrected chi connectivity index (χ2v) is 6.24. The molecule has 0 spiro atoms. The van der Waals surface area contributed by atoms with E-state index in [2.05, 4.69) is 10.1 Å². The van der Waals surface area contributed by atoms with E-state index in [9.17, 15) is 13.6 Å². The summed E-state index contributed by atoms with van der Waals surface area (Å²) in [4.78, 5) is 18.0. The standard InChI is InChI=1S/C20H19F2N3O3/c1-25(12-13-3-8-17(27-2)16(22)11-13)19(26)10-9-18-23-20(24-28-18)14-4-6-15(21)7-5-14/h3-8,11H,9-10,12H2,1-2H3. The lowest BCUT2D eigenvalue weighted by atomic mass is 10.2. The number of hydrogen-bond acceptors (Lipinski definition) is 5. The Bertz CT molecular complexity index is 958. The molecular formula is C20H19F2N3O3. The molecule has 2 aromatic carbocycles. The third kappa shape index (κ3) is 4.70. The fourth-order valence-corrected chi connectivity index (χ4v) is 2.65. The molecule has 0 aliphatic carbocycles. The van der Waals surface area contributed by atoms with Crippen LogP contribution in [0.2, 0.25) is 0 Å². The summed E-state index contributed by atoms with van der Waals surface area (Å²) in [7, 11) is 3.04. The Hall–Kier alpha value is -3.29. The second kappa shape index (κ2) is 8.60. The average molecular weight is 387 g/mol. The Kier molecular flexibility index (Phi) is 5.98. The number of halogens is 2. The minimum atomic E-state index is -0.472. The minimum absolute atomic E-state index is 0.141. The topological polar surface area (TPSA) is 68.5 Å². The molecule has 6 nitrogen and oxygen atoms in total. The third-order valence-electron chi connectivity index (χ3n) is 4.18. The molecular weight excluding hydrogens is 368 g/mol. The normalized spacial score (nSPS) is 10.7. The Balaban J connectivity index is 1.55. The molecule has 3 rings (SSSR count). The Morgan fingerprint density at radius 3 is 2.61 bits per heavy atom. The van der Waals surface area contributed by atoms with Gasteiger partial charge in [0.05, 0.1) is 7.11 Å². The molecule has 0 N–H and O–H groups in total. The summed E-state index contributed by atoms with van der Waals surface area (Å²) in [6.07, 6.45) is 0.439. The minimum Gasteiger partial charge on any atom is -0.494 e. The van der Waals surface area contributed by atoms with Gasteiger partial charge in [-0.3, -0.25) is 4.79 Å². The molecule has 0 aliphatic heterocycles. The van der Waals surface area contributed by atoms with Crippen LogP contribution in [0.25, 0.3) is 11.4 Å². The molecule has 8 heteroatoms. The Labute approximate surface area is 160 Å². The van der Waals surface area contributed by atoms with Gasteiger partial charge in [0.2, 0.25) is 17.6 Å². The van der Waals surface area contributed by atoms with Crippen LogP contribution in [0, 0.1) is 11.6 Å². The molecule has 0 radical (unpaired) electrons. The van der Waals surface area contributed by atoms with Gasteiger partial charge in [0.15, 0.2) is 11.6 Å². The number of aryl methyl sites for hydroxylation is 1. The summed E-state index contributed by atoms with van der Waals surface area (Å²) in [5, 5.41) is 3.85. The molecule has 0 saturated carbocycles. The molecule has 1 aromatic heterocycles. The molecule has 146 valence electrons. The van der Waals surface area contributed by atoms with Gasteiger partial charge in [-0.25, -0.2) is 8.78 Å². The highest BCUT2D eigenvalue weighted by Gasteiger charge is 2.14. The van der Waals surface area contributed by atoms with Crippen molar-refractivity contribution in [2.75, 3.05) is 14.2 Å². The summed E-state index contributed by atoms with van der Waals surface area (Å²) >= 11 is 0. The number of benzene rings is 2. The largest absolute Gasteiger partial charge is 0.494 e. The number of methoxy groups -OCH3 is 1. The summed E-state index contributed by atoms with van der Waals surface area (Å²) in [6, 6.07) is 10.3. The van der Waals surface area contributed by atoms with Crippen molar-refractivity contribution in [1.82, 2.24) is 15.0 Å². The van der Waals surface area contributed by atoms with Gasteiger partial charge < -0.3 is 14.2 Å². The zero-order valence-electron chi connectivity index (χ0n) is 15.5. The van der Waals surface area contributed by atoms with E-state index in [1.54, 1.807) is 25.2 Å². The van der Waals surface area contributed by atoms with E-state index in [4.69, 9.17) is 9.26 Å². The SMILES string of the molecule is COc1ccc(CN(C)C(=O)CCc2nc(-c3ccc(F)cc3)no2)cc1F. The molecule has 0 bridgehead atoms. The van der Waals surface area contributed by atoms with Crippen molar-refractivity contribution in [3.63, 3.8) is 0 Å². The summed E-state index contributed by atoms with van der Waals surface area (Å²) in [5.41, 5.74) is 1.28. The van der Waals surface area contributed by atoms with Gasteiger partial charge in [-0.15, -0.1) is 0 Å². The van der Waals surface area contributed by atoms with Gasteiger partial charge in [-0.05, 0) is 42.0 Å². The molecule has 0 fully saturated rings. The van der Waals surface area contributed by atoms with E-state index in [0.717, 1.165) is 0 Å². The van der Waals surface area contributed by atoms with E-state index >= 15 is 0 Å². The number of carbonyl (C=O) groups excluding carboxylic acids is 1. The van der Waals surface area contributed by atoms with E-state index in [1.807, 2.05) is 0 Å². The maximum Gasteiger partial charge on any atom is 0.227 e. The summed E-state index contributed by atoms with van der Waals surface area (Å²) in [6.45, 7) is 0.268. The Morgan fingerprint density at radius 2 is 1.93 bits per heavy atom. The van der Waals surface area contributed by atoms with Crippen LogP contribution in [0.5, 0.6) is 5.75 Å². The van der Waals surface area contributed by atoms with E-state index in [0.29, 0.717) is 22.8 Å². The lowest BCUT2D eigenvalue weighted by molar-refractivity contribution is -0.130. The average Bonchev–Trinajstić information content (AvgIpc) is 3.16. The van der Waals surface area contributed by atoms with Crippen molar-refractivity contribution < 1.29 is 22.8 Å². The van der Waals surface area contributed by atoms with Crippen LogP contribution in [0.3, 0.4) is 0 Å². The number of rotatable bonds is 7. The van der Waals surface area contributed by atoms with Gasteiger partial charge in [0.1, 0.15) is 5.82 Å². The molecule has 0 aliphatic rings. The lowest BCUT2D eigenvalue weighted by Gasteiger charge is -2.17. The molecule has 1 amide bonds. The first-order valence-electron chi connectivity index (χ1n) is 8.61. The highest BCUT2D eigenvalue weighted by Crippen LogP contribution is 2.19. The third-order valence-corrected chi connectivity index (χ3v) is 4.18. The number of nitrogens with zero attached hydrogens (tertiary/aromatic N) is 3. The fourth-order valence-electron chi connectivity index (χ4n) is 2.65. The quantitative estimate of drug-likeness (QED) is 0.619. The first-order chi connectivity index (χ1) is 13.5. The summed E-state index contributed by atoms with van der Waals surface area (Å²) < 4.78 is 36.8. The lowest BCUT2D eigenvalue weighted by Crippen LogP contribution is -2.26. The van der Waals surface area contributed by atoms with E-state index in [-0.39, 0.29) is 36.9 Å². The number of aromatic nitrogens is 2. The van der Waals surface area contributed by atoms with Crippen molar-refractivity contribution in [2.45, 2.75) is 19.4 Å². The molecule has 0 atom stereocenters. The smallest absolute Gasteiger partial charge is 0.227 e. The van der Waals surface area contributed by atoms with Crippen molar-refractivity contribution >= 4 is 5.91 Å². The molecule has 28 heavy (non-hydrogen) atoms. The molecule has 0 saturated heterocycles. The van der Waals surface area contributed by atoms with Crippen molar-refractivity contribution in [1.29, 1.82) is 0 Å². The van der Waals surface area contributed by atoms with Gasteiger partial charge in [0, 0.05) is 32.0 Å². The predicted molar refractivity (Wildman–Crippen MR) is 97.4 cm³/mol. The molecule has 0 unspecified atom stereocenters. The van der Waals surface area contributed by atoms with Crippen LogP contribution in [0.4, 0.5) is 8.78 Å². The summed E-state index contributed by atoms with van der Waals surface area (Å²) in [5.74, 6) is -0.150. The van der Waals surface area contributed by atoms with Crippen LogP contribution in [0.1, 0.15) is 17.9 Å². The first kappa shape index (κ1) is 19.5. The highest BCUT2D eigenvalue weighted by atomic mass is 19.1. The van der Waals surface area contributed by atoms with Crippen molar-refractivity contribution in [3.8, 4) is 17.1 Å². The van der Waals surface area contributed by atoms with E-state index < -0.39 is 5.82 Å². The molecule has 1 heterocycles. The van der Waals surface area contributed by atoms with Crippen molar-refractivity contribution in [3.05, 3.63) is 65.6 Å². The van der Waals surface area contributed by atoms with Gasteiger partial charge in [-0.2, -0.15) is 4.98 Å². The second-order valence-electron chi connectivity index (χ2n) is 6.24. The first-order valence-corrected chi connectivity index (χ1v) is 8.61. The monoisotopic (exact) mass is 387 g/mol. The number of ether oxygens (including phenoxy) is 1. The maximum atomic E-state index is 13.8. The fraction of sp³-hybridized carbons (Fsp3) is 0.250. The van der Waals surface area contributed by atoms with Gasteiger partial charge in [0.25, 0.3) is 0 Å². The maximum absolute atomic E-state index is 13.8.